The van der Waals surface area contributed by atoms with Crippen molar-refractivity contribution in [1.82, 2.24) is 5.32 Å². The second kappa shape index (κ2) is 3.11. The molecule has 1 unspecified atom stereocenters. The molecule has 2 heterocycles. The maximum absolute atomic E-state index is 5.95. The van der Waals surface area contributed by atoms with Gasteiger partial charge in [-0.25, -0.2) is 0 Å². The summed E-state index contributed by atoms with van der Waals surface area (Å²) in [6.07, 6.45) is 3.72. The molecule has 82 valence electrons. The van der Waals surface area contributed by atoms with Gasteiger partial charge in [-0.15, -0.1) is 0 Å². The van der Waals surface area contributed by atoms with E-state index in [2.05, 4.69) is 25.2 Å². The van der Waals surface area contributed by atoms with Gasteiger partial charge in [0.05, 0.1) is 0 Å². The van der Waals surface area contributed by atoms with Crippen LogP contribution in [0.1, 0.15) is 49.7 Å². The summed E-state index contributed by atoms with van der Waals surface area (Å²) in [5, 5.41) is 3.49. The van der Waals surface area contributed by atoms with Gasteiger partial charge >= 0.3 is 0 Å². The first-order valence-electron chi connectivity index (χ1n) is 6.05. The molecule has 15 heavy (non-hydrogen) atoms. The van der Waals surface area contributed by atoms with Gasteiger partial charge in [-0.3, -0.25) is 0 Å². The van der Waals surface area contributed by atoms with Gasteiger partial charge in [0.25, 0.3) is 0 Å². The topological polar surface area (TPSA) is 25.2 Å². The maximum atomic E-state index is 5.95. The smallest absolute Gasteiger partial charge is 0.108 e. The average Bonchev–Trinajstić information content (AvgIpc) is 2.88. The molecule has 0 saturated carbocycles. The Bertz CT molecular complexity index is 372. The zero-order chi connectivity index (χ0) is 10.5. The van der Waals surface area contributed by atoms with Gasteiger partial charge < -0.3 is 9.73 Å². The molecule has 1 aliphatic carbocycles. The molecular weight excluding hydrogens is 186 g/mol. The highest BCUT2D eigenvalue weighted by Gasteiger charge is 2.43. The highest BCUT2D eigenvalue weighted by molar-refractivity contribution is 5.38. The Hall–Kier alpha value is -0.760. The second-order valence-electron chi connectivity index (χ2n) is 5.35. The van der Waals surface area contributed by atoms with Crippen LogP contribution < -0.4 is 5.32 Å². The van der Waals surface area contributed by atoms with E-state index in [0.717, 1.165) is 13.0 Å². The first kappa shape index (κ1) is 9.46. The number of fused-ring (bicyclic) bond motifs is 2. The molecule has 1 spiro atoms. The van der Waals surface area contributed by atoms with Crippen molar-refractivity contribution in [2.75, 3.05) is 13.1 Å². The molecule has 1 saturated heterocycles. The van der Waals surface area contributed by atoms with Gasteiger partial charge in [-0.2, -0.15) is 0 Å². The maximum Gasteiger partial charge on any atom is 0.108 e. The van der Waals surface area contributed by atoms with Crippen LogP contribution in [0.2, 0.25) is 0 Å². The molecule has 0 radical (unpaired) electrons. The third-order valence-electron chi connectivity index (χ3n) is 4.04. The van der Waals surface area contributed by atoms with Crippen LogP contribution in [0.4, 0.5) is 0 Å². The summed E-state index contributed by atoms with van der Waals surface area (Å²) < 4.78 is 5.95. The summed E-state index contributed by atoms with van der Waals surface area (Å²) in [4.78, 5) is 0. The Morgan fingerprint density at radius 3 is 2.93 bits per heavy atom. The fourth-order valence-electron chi connectivity index (χ4n) is 3.04. The molecule has 1 fully saturated rings. The Labute approximate surface area is 91.0 Å². The summed E-state index contributed by atoms with van der Waals surface area (Å²) >= 11 is 0. The van der Waals surface area contributed by atoms with E-state index in [1.54, 1.807) is 0 Å². The van der Waals surface area contributed by atoms with Crippen LogP contribution >= 0.6 is 0 Å². The van der Waals surface area contributed by atoms with E-state index in [1.807, 2.05) is 0 Å². The fourth-order valence-corrected chi connectivity index (χ4v) is 3.04. The van der Waals surface area contributed by atoms with Crippen LogP contribution in [-0.4, -0.2) is 13.1 Å². The molecule has 0 amide bonds. The summed E-state index contributed by atoms with van der Waals surface area (Å²) in [6, 6.07) is 2.32. The summed E-state index contributed by atoms with van der Waals surface area (Å²) in [7, 11) is 0. The predicted octanol–water partition coefficient (Wildman–Crippen LogP) is 2.58. The van der Waals surface area contributed by atoms with Crippen molar-refractivity contribution in [3.63, 3.8) is 0 Å². The van der Waals surface area contributed by atoms with E-state index >= 15 is 0 Å². The fraction of sp³-hybridized carbons (Fsp3) is 0.692. The standard InChI is InChI=1S/C13H19NO/c1-9(2)12-7-10-11(15-12)3-4-13(10)5-6-14-8-13/h7,9,14H,3-6,8H2,1-2H3. The number of hydrogen-bond acceptors (Lipinski definition) is 2. The zero-order valence-corrected chi connectivity index (χ0v) is 9.60. The van der Waals surface area contributed by atoms with Crippen LogP contribution in [0, 0.1) is 0 Å². The van der Waals surface area contributed by atoms with Gasteiger partial charge in [0.2, 0.25) is 0 Å². The lowest BCUT2D eigenvalue weighted by Gasteiger charge is -2.21. The Morgan fingerprint density at radius 2 is 2.27 bits per heavy atom. The van der Waals surface area contributed by atoms with Crippen molar-refractivity contribution < 1.29 is 4.42 Å². The molecule has 2 nitrogen and oxygen atoms in total. The zero-order valence-electron chi connectivity index (χ0n) is 9.60. The van der Waals surface area contributed by atoms with Gasteiger partial charge in [0, 0.05) is 29.9 Å². The van der Waals surface area contributed by atoms with Crippen molar-refractivity contribution in [2.24, 2.45) is 0 Å². The molecule has 1 atom stereocenters. The van der Waals surface area contributed by atoms with E-state index in [0.29, 0.717) is 11.3 Å². The predicted molar refractivity (Wildman–Crippen MR) is 60.3 cm³/mol. The number of aryl methyl sites for hydroxylation is 1. The molecule has 0 aromatic carbocycles. The largest absolute Gasteiger partial charge is 0.466 e. The van der Waals surface area contributed by atoms with Gasteiger partial charge in [-0.1, -0.05) is 13.8 Å². The molecule has 0 bridgehead atoms. The van der Waals surface area contributed by atoms with Gasteiger partial charge in [0.15, 0.2) is 0 Å². The minimum Gasteiger partial charge on any atom is -0.466 e. The molecule has 1 aromatic rings. The average molecular weight is 205 g/mol. The van der Waals surface area contributed by atoms with Gasteiger partial charge in [0.1, 0.15) is 11.5 Å². The van der Waals surface area contributed by atoms with Crippen molar-refractivity contribution in [2.45, 2.75) is 44.4 Å². The summed E-state index contributed by atoms with van der Waals surface area (Å²) in [6.45, 7) is 6.72. The Kier molecular flexibility index (Phi) is 1.96. The van der Waals surface area contributed by atoms with Crippen molar-refractivity contribution >= 4 is 0 Å². The first-order valence-corrected chi connectivity index (χ1v) is 6.05. The highest BCUT2D eigenvalue weighted by Crippen LogP contribution is 2.45. The second-order valence-corrected chi connectivity index (χ2v) is 5.35. The number of hydrogen-bond donors (Lipinski definition) is 1. The van der Waals surface area contributed by atoms with Crippen LogP contribution in [0.25, 0.3) is 0 Å². The number of nitrogens with one attached hydrogen (secondary N) is 1. The lowest BCUT2D eigenvalue weighted by atomic mass is 9.82. The third kappa shape index (κ3) is 1.27. The van der Waals surface area contributed by atoms with E-state index in [1.165, 1.54) is 36.5 Å². The molecular formula is C13H19NO. The quantitative estimate of drug-likeness (QED) is 0.762. The summed E-state index contributed by atoms with van der Waals surface area (Å²) in [5.41, 5.74) is 1.93. The van der Waals surface area contributed by atoms with E-state index in [9.17, 15) is 0 Å². The minimum absolute atomic E-state index is 0.423. The van der Waals surface area contributed by atoms with Crippen molar-refractivity contribution in [3.8, 4) is 0 Å². The van der Waals surface area contributed by atoms with Crippen LogP contribution in [0.3, 0.4) is 0 Å². The van der Waals surface area contributed by atoms with Crippen LogP contribution in [0.5, 0.6) is 0 Å². The normalized spacial score (nSPS) is 29.3. The third-order valence-corrected chi connectivity index (χ3v) is 4.04. The minimum atomic E-state index is 0.423. The molecule has 1 aromatic heterocycles. The molecule has 2 heteroatoms. The lowest BCUT2D eigenvalue weighted by Crippen LogP contribution is -2.25. The van der Waals surface area contributed by atoms with E-state index in [-0.39, 0.29) is 0 Å². The lowest BCUT2D eigenvalue weighted by molar-refractivity contribution is 0.437. The van der Waals surface area contributed by atoms with Crippen LogP contribution in [-0.2, 0) is 11.8 Å². The number of rotatable bonds is 1. The molecule has 1 N–H and O–H groups in total. The molecule has 2 aliphatic rings. The molecule has 1 aliphatic heterocycles. The Morgan fingerprint density at radius 1 is 1.40 bits per heavy atom. The first-order chi connectivity index (χ1) is 7.21. The number of furan rings is 1. The van der Waals surface area contributed by atoms with Gasteiger partial charge in [-0.05, 0) is 25.5 Å². The summed E-state index contributed by atoms with van der Waals surface area (Å²) in [5.74, 6) is 2.95. The highest BCUT2D eigenvalue weighted by atomic mass is 16.3. The SMILES string of the molecule is CC(C)c1cc2c(o1)CCC21CCNC1. The van der Waals surface area contributed by atoms with E-state index < -0.39 is 0 Å². The Balaban J connectivity index is 2.01. The molecule has 3 rings (SSSR count). The van der Waals surface area contributed by atoms with Crippen LogP contribution in [0.15, 0.2) is 10.5 Å². The van der Waals surface area contributed by atoms with Crippen molar-refractivity contribution in [3.05, 3.63) is 23.2 Å². The monoisotopic (exact) mass is 205 g/mol. The van der Waals surface area contributed by atoms with Crippen molar-refractivity contribution in [1.29, 1.82) is 0 Å². The van der Waals surface area contributed by atoms with E-state index in [4.69, 9.17) is 4.42 Å².